The van der Waals surface area contributed by atoms with Crippen molar-refractivity contribution >= 4 is 62.0 Å². The second kappa shape index (κ2) is 8.65. The van der Waals surface area contributed by atoms with Gasteiger partial charge in [0.05, 0.1) is 29.5 Å². The number of hydrogen-bond acceptors (Lipinski definition) is 6. The second-order valence-corrected chi connectivity index (χ2v) is 10.0. The van der Waals surface area contributed by atoms with E-state index in [-0.39, 0.29) is 28.2 Å². The number of nitrogens with zero attached hydrogens (tertiary/aromatic N) is 2. The predicted molar refractivity (Wildman–Crippen MR) is 134 cm³/mol. The monoisotopic (exact) mass is 557 g/mol. The summed E-state index contributed by atoms with van der Waals surface area (Å²) in [5.74, 6) is -0.905. The summed E-state index contributed by atoms with van der Waals surface area (Å²) in [6.07, 6.45) is 0. The first-order valence-corrected chi connectivity index (χ1v) is 12.4. The summed E-state index contributed by atoms with van der Waals surface area (Å²) in [6.45, 7) is 3.62. The van der Waals surface area contributed by atoms with Crippen LogP contribution in [0.1, 0.15) is 31.0 Å². The van der Waals surface area contributed by atoms with Crippen molar-refractivity contribution in [3.63, 3.8) is 0 Å². The van der Waals surface area contributed by atoms with Crippen molar-refractivity contribution in [3.8, 4) is 0 Å². The molecule has 3 aromatic rings. The predicted octanol–water partition coefficient (Wildman–Crippen LogP) is 3.54. The lowest BCUT2D eigenvalue weighted by atomic mass is 9.96. The zero-order valence-corrected chi connectivity index (χ0v) is 21.2. The van der Waals surface area contributed by atoms with Crippen molar-refractivity contribution in [2.45, 2.75) is 19.9 Å². The van der Waals surface area contributed by atoms with Crippen LogP contribution in [0, 0.1) is 0 Å². The van der Waals surface area contributed by atoms with Crippen molar-refractivity contribution in [1.29, 1.82) is 0 Å². The fraction of sp³-hybridized carbons (Fsp3) is 0.167. The number of ether oxygens (including phenoxy) is 1. The smallest absolute Gasteiger partial charge is 0.338 e. The van der Waals surface area contributed by atoms with E-state index in [9.17, 15) is 14.4 Å². The van der Waals surface area contributed by atoms with E-state index >= 15 is 0 Å². The highest BCUT2D eigenvalue weighted by Crippen LogP contribution is 2.34. The summed E-state index contributed by atoms with van der Waals surface area (Å²) in [7, 11) is 0. The van der Waals surface area contributed by atoms with Crippen LogP contribution in [0.2, 0.25) is 5.02 Å². The molecule has 0 spiro atoms. The molecule has 1 aromatic heterocycles. The Balaban J connectivity index is 1.82. The van der Waals surface area contributed by atoms with E-state index in [2.05, 4.69) is 26.2 Å². The van der Waals surface area contributed by atoms with Crippen LogP contribution < -0.4 is 20.2 Å². The van der Waals surface area contributed by atoms with E-state index in [0.717, 1.165) is 15.8 Å². The van der Waals surface area contributed by atoms with Gasteiger partial charge in [0.2, 0.25) is 0 Å². The molecule has 0 radical (unpaired) electrons. The fourth-order valence-corrected chi connectivity index (χ4v) is 5.80. The molecule has 0 saturated heterocycles. The number of thiazole rings is 1. The lowest BCUT2D eigenvalue weighted by molar-refractivity contribution is -0.139. The van der Waals surface area contributed by atoms with Gasteiger partial charge in [0.25, 0.3) is 11.5 Å². The molecule has 172 valence electrons. The van der Waals surface area contributed by atoms with Crippen molar-refractivity contribution in [1.82, 2.24) is 4.57 Å². The zero-order valence-electron chi connectivity index (χ0n) is 18.0. The number of carbonyl (C=O) groups is 2. The van der Waals surface area contributed by atoms with Gasteiger partial charge in [-0.2, -0.15) is 0 Å². The molecule has 2 aliphatic heterocycles. The lowest BCUT2D eigenvalue weighted by Gasteiger charge is -2.24. The standard InChI is InChI=1S/C24H17BrClN3O4S/c1-3-33-23(32)17-11(2)27-24-29(19(17)12-4-7-14(26)8-5-12)22(31)20(34-24)18-15-10-13(25)6-9-16(15)28-21(18)30/h4-10,19H,3H2,1-2H3,(H,28,30)/b20-18-/t19-/m0/s1. The Labute approximate surface area is 211 Å². The first kappa shape index (κ1) is 22.8. The molecule has 1 amide bonds. The van der Waals surface area contributed by atoms with Gasteiger partial charge in [-0.3, -0.25) is 14.2 Å². The summed E-state index contributed by atoms with van der Waals surface area (Å²) < 4.78 is 7.79. The summed E-state index contributed by atoms with van der Waals surface area (Å²) in [5.41, 5.74) is 2.55. The second-order valence-electron chi connectivity index (χ2n) is 7.69. The highest BCUT2D eigenvalue weighted by Gasteiger charge is 2.35. The van der Waals surface area contributed by atoms with Crippen LogP contribution in [0.5, 0.6) is 0 Å². The molecule has 10 heteroatoms. The SMILES string of the molecule is CCOC(=O)C1=C(C)N=c2s/c(=C3\C(=O)Nc4ccc(Br)cc43)c(=O)n2[C@H]1c1ccc(Cl)cc1. The van der Waals surface area contributed by atoms with E-state index in [1.807, 2.05) is 6.07 Å². The maximum absolute atomic E-state index is 13.8. The third-order valence-corrected chi connectivity index (χ3v) is 7.43. The van der Waals surface area contributed by atoms with E-state index in [0.29, 0.717) is 32.3 Å². The number of anilines is 1. The number of carbonyl (C=O) groups excluding carboxylic acids is 2. The number of rotatable bonds is 3. The maximum atomic E-state index is 13.8. The van der Waals surface area contributed by atoms with Gasteiger partial charge in [0.15, 0.2) is 4.80 Å². The van der Waals surface area contributed by atoms with Gasteiger partial charge in [-0.15, -0.1) is 0 Å². The average Bonchev–Trinajstić information content (AvgIpc) is 3.28. The zero-order chi connectivity index (χ0) is 24.1. The summed E-state index contributed by atoms with van der Waals surface area (Å²) in [6, 6.07) is 11.6. The highest BCUT2D eigenvalue weighted by molar-refractivity contribution is 9.10. The Bertz CT molecular complexity index is 1590. The number of benzene rings is 2. The summed E-state index contributed by atoms with van der Waals surface area (Å²) >= 11 is 10.6. The molecule has 0 aliphatic carbocycles. The van der Waals surface area contributed by atoms with Gasteiger partial charge in [-0.25, -0.2) is 9.79 Å². The van der Waals surface area contributed by atoms with Crippen LogP contribution in [0.15, 0.2) is 68.0 Å². The molecular formula is C24H17BrClN3O4S. The summed E-state index contributed by atoms with van der Waals surface area (Å²) in [4.78, 5) is 44.6. The Morgan fingerprint density at radius 3 is 2.68 bits per heavy atom. The summed E-state index contributed by atoms with van der Waals surface area (Å²) in [5, 5.41) is 3.34. The number of nitrogens with one attached hydrogen (secondary N) is 1. The molecular weight excluding hydrogens is 542 g/mol. The third-order valence-electron chi connectivity index (χ3n) is 5.63. The molecule has 0 bridgehead atoms. The van der Waals surface area contributed by atoms with Gasteiger partial charge in [-0.1, -0.05) is 51.0 Å². The molecule has 5 rings (SSSR count). The topological polar surface area (TPSA) is 89.8 Å². The minimum Gasteiger partial charge on any atom is -0.463 e. The van der Waals surface area contributed by atoms with Gasteiger partial charge < -0.3 is 10.1 Å². The third kappa shape index (κ3) is 3.64. The van der Waals surface area contributed by atoms with Crippen LogP contribution >= 0.6 is 38.9 Å². The molecule has 0 unspecified atom stereocenters. The highest BCUT2D eigenvalue weighted by atomic mass is 79.9. The fourth-order valence-electron chi connectivity index (χ4n) is 4.17. The molecule has 7 nitrogen and oxygen atoms in total. The largest absolute Gasteiger partial charge is 0.463 e. The van der Waals surface area contributed by atoms with Crippen LogP contribution in [0.25, 0.3) is 5.57 Å². The van der Waals surface area contributed by atoms with Gasteiger partial charge >= 0.3 is 5.97 Å². The van der Waals surface area contributed by atoms with Gasteiger partial charge in [0, 0.05) is 20.7 Å². The first-order chi connectivity index (χ1) is 16.3. The maximum Gasteiger partial charge on any atom is 0.338 e. The molecule has 0 saturated carbocycles. The number of amides is 1. The van der Waals surface area contributed by atoms with E-state index in [4.69, 9.17) is 16.3 Å². The number of hydrogen-bond donors (Lipinski definition) is 1. The number of halogens is 2. The number of aromatic nitrogens is 1. The average molecular weight is 559 g/mol. The Morgan fingerprint density at radius 2 is 1.97 bits per heavy atom. The quantitative estimate of drug-likeness (QED) is 0.498. The van der Waals surface area contributed by atoms with Crippen molar-refractivity contribution in [3.05, 3.63) is 94.0 Å². The molecule has 1 atom stereocenters. The van der Waals surface area contributed by atoms with Gasteiger partial charge in [0.1, 0.15) is 4.53 Å². The minimum absolute atomic E-state index is 0.184. The first-order valence-electron chi connectivity index (χ1n) is 10.4. The van der Waals surface area contributed by atoms with Crippen LogP contribution in [-0.2, 0) is 14.3 Å². The van der Waals surface area contributed by atoms with Crippen LogP contribution in [-0.4, -0.2) is 23.1 Å². The number of fused-ring (bicyclic) bond motifs is 2. The van der Waals surface area contributed by atoms with E-state index in [1.54, 1.807) is 50.2 Å². The van der Waals surface area contributed by atoms with E-state index in [1.165, 1.54) is 4.57 Å². The minimum atomic E-state index is -0.770. The lowest BCUT2D eigenvalue weighted by Crippen LogP contribution is -2.40. The number of allylic oxidation sites excluding steroid dienone is 1. The molecule has 2 aromatic carbocycles. The normalized spacial score (nSPS) is 18.2. The Morgan fingerprint density at radius 1 is 1.24 bits per heavy atom. The molecule has 0 fully saturated rings. The molecule has 34 heavy (non-hydrogen) atoms. The van der Waals surface area contributed by atoms with Gasteiger partial charge in [-0.05, 0) is 49.7 Å². The Hall–Kier alpha value is -3.01. The van der Waals surface area contributed by atoms with Crippen molar-refractivity contribution in [2.24, 2.45) is 4.99 Å². The Kier molecular flexibility index (Phi) is 5.79. The molecule has 3 heterocycles. The van der Waals surface area contributed by atoms with E-state index < -0.39 is 17.6 Å². The van der Waals surface area contributed by atoms with Crippen LogP contribution in [0.3, 0.4) is 0 Å². The van der Waals surface area contributed by atoms with Crippen LogP contribution in [0.4, 0.5) is 5.69 Å². The molecule has 1 N–H and O–H groups in total. The number of esters is 1. The van der Waals surface area contributed by atoms with Crippen molar-refractivity contribution < 1.29 is 14.3 Å². The molecule has 2 aliphatic rings. The van der Waals surface area contributed by atoms with Crippen molar-refractivity contribution in [2.75, 3.05) is 11.9 Å².